The lowest BCUT2D eigenvalue weighted by Gasteiger charge is -2.26. The van der Waals surface area contributed by atoms with Gasteiger partial charge in [-0.2, -0.15) is 0 Å². The fourth-order valence-electron chi connectivity index (χ4n) is 4.09. The normalized spacial score (nSPS) is 16.7. The molecule has 0 amide bonds. The number of benzene rings is 1. The minimum atomic E-state index is 1.00. The third-order valence-corrected chi connectivity index (χ3v) is 5.34. The second-order valence-electron chi connectivity index (χ2n) is 7.21. The van der Waals surface area contributed by atoms with Gasteiger partial charge in [0.1, 0.15) is 5.82 Å². The van der Waals surface area contributed by atoms with Crippen molar-refractivity contribution < 1.29 is 0 Å². The van der Waals surface area contributed by atoms with Gasteiger partial charge in [-0.25, -0.2) is 4.98 Å². The molecule has 0 spiro atoms. The van der Waals surface area contributed by atoms with Gasteiger partial charge >= 0.3 is 0 Å². The number of aryl methyl sites for hydroxylation is 1. The molecule has 0 atom stereocenters. The summed E-state index contributed by atoms with van der Waals surface area (Å²) in [4.78, 5) is 7.23. The highest BCUT2D eigenvalue weighted by Crippen LogP contribution is 2.40. The highest BCUT2D eigenvalue weighted by atomic mass is 15.1. The van der Waals surface area contributed by atoms with Crippen molar-refractivity contribution in [3.63, 3.8) is 0 Å². The van der Waals surface area contributed by atoms with Crippen LogP contribution in [0.1, 0.15) is 42.4 Å². The highest BCUT2D eigenvalue weighted by Gasteiger charge is 2.22. The molecule has 0 bridgehead atoms. The Morgan fingerprint density at radius 3 is 2.83 bits per heavy atom. The minimum Gasteiger partial charge on any atom is -0.370 e. The van der Waals surface area contributed by atoms with E-state index in [2.05, 4.69) is 46.4 Å². The van der Waals surface area contributed by atoms with Crippen LogP contribution in [0, 0.1) is 6.92 Å². The predicted octanol–water partition coefficient (Wildman–Crippen LogP) is 4.25. The van der Waals surface area contributed by atoms with Crippen molar-refractivity contribution in [1.29, 1.82) is 0 Å². The number of nitrogens with zero attached hydrogens (tertiary/aromatic N) is 2. The monoisotopic (exact) mass is 321 g/mol. The molecule has 3 heteroatoms. The number of nitrogens with one attached hydrogen (secondary N) is 1. The van der Waals surface area contributed by atoms with Crippen LogP contribution in [-0.4, -0.2) is 36.1 Å². The van der Waals surface area contributed by atoms with Gasteiger partial charge in [-0.3, -0.25) is 0 Å². The smallest absolute Gasteiger partial charge is 0.134 e. The van der Waals surface area contributed by atoms with Crippen molar-refractivity contribution in [3.8, 4) is 11.1 Å². The first-order valence-electron chi connectivity index (χ1n) is 9.35. The maximum absolute atomic E-state index is 4.63. The molecular formula is C21H27N3. The molecule has 1 aliphatic carbocycles. The summed E-state index contributed by atoms with van der Waals surface area (Å²) >= 11 is 0. The molecule has 4 rings (SSSR count). The van der Waals surface area contributed by atoms with Crippen LogP contribution in [0.15, 0.2) is 30.5 Å². The molecule has 1 aromatic carbocycles. The van der Waals surface area contributed by atoms with E-state index in [9.17, 15) is 0 Å². The average molecular weight is 321 g/mol. The summed E-state index contributed by atoms with van der Waals surface area (Å²) < 4.78 is 0. The van der Waals surface area contributed by atoms with Gasteiger partial charge in [0.05, 0.1) is 0 Å². The van der Waals surface area contributed by atoms with E-state index in [4.69, 9.17) is 0 Å². The van der Waals surface area contributed by atoms with Gasteiger partial charge in [0.2, 0.25) is 0 Å². The minimum absolute atomic E-state index is 1.00. The quantitative estimate of drug-likeness (QED) is 0.712. The number of hydrogen-bond acceptors (Lipinski definition) is 3. The summed E-state index contributed by atoms with van der Waals surface area (Å²) in [5.41, 5.74) is 6.87. The van der Waals surface area contributed by atoms with Crippen LogP contribution in [0.3, 0.4) is 0 Å². The number of aromatic nitrogens is 1. The second-order valence-corrected chi connectivity index (χ2v) is 7.21. The Bertz CT molecular complexity index is 717. The third kappa shape index (κ3) is 3.18. The number of pyridine rings is 1. The molecule has 1 aromatic heterocycles. The summed E-state index contributed by atoms with van der Waals surface area (Å²) in [5, 5.41) is 3.60. The van der Waals surface area contributed by atoms with Gasteiger partial charge in [0.25, 0.3) is 0 Å². The molecule has 3 nitrogen and oxygen atoms in total. The number of fused-ring (bicyclic) bond motifs is 3. The molecule has 2 aliphatic rings. The SMILES string of the molecule is Cc1ccc2c(c1)Cc1ccnc(NCCCN3CCCCC3)c1-2. The van der Waals surface area contributed by atoms with Crippen molar-refractivity contribution >= 4 is 5.82 Å². The fraction of sp³-hybridized carbons (Fsp3) is 0.476. The Hall–Kier alpha value is -1.87. The van der Waals surface area contributed by atoms with E-state index in [0.29, 0.717) is 0 Å². The lowest BCUT2D eigenvalue weighted by Crippen LogP contribution is -2.31. The Morgan fingerprint density at radius 1 is 1.08 bits per heavy atom. The summed E-state index contributed by atoms with van der Waals surface area (Å²) in [6, 6.07) is 8.96. The standard InChI is InChI=1S/C21H27N3/c1-16-6-7-19-18(14-16)15-17-8-10-23-21(20(17)19)22-9-5-13-24-11-3-2-4-12-24/h6-8,10,14H,2-5,9,11-13,15H2,1H3,(H,22,23). The van der Waals surface area contributed by atoms with Crippen LogP contribution in [0.5, 0.6) is 0 Å². The van der Waals surface area contributed by atoms with E-state index in [0.717, 1.165) is 18.8 Å². The van der Waals surface area contributed by atoms with Crippen LogP contribution in [-0.2, 0) is 6.42 Å². The van der Waals surface area contributed by atoms with E-state index >= 15 is 0 Å². The maximum atomic E-state index is 4.63. The van der Waals surface area contributed by atoms with Crippen molar-refractivity contribution in [2.45, 2.75) is 39.0 Å². The fourth-order valence-corrected chi connectivity index (χ4v) is 4.09. The second kappa shape index (κ2) is 6.94. The Balaban J connectivity index is 1.42. The van der Waals surface area contributed by atoms with E-state index in [1.807, 2.05) is 6.20 Å². The maximum Gasteiger partial charge on any atom is 0.134 e. The molecular weight excluding hydrogens is 294 g/mol. The van der Waals surface area contributed by atoms with E-state index < -0.39 is 0 Å². The highest BCUT2D eigenvalue weighted by molar-refractivity contribution is 5.85. The van der Waals surface area contributed by atoms with Crippen LogP contribution >= 0.6 is 0 Å². The summed E-state index contributed by atoms with van der Waals surface area (Å²) in [7, 11) is 0. The van der Waals surface area contributed by atoms with Gasteiger partial charge < -0.3 is 10.2 Å². The zero-order valence-corrected chi connectivity index (χ0v) is 14.6. The molecule has 24 heavy (non-hydrogen) atoms. The van der Waals surface area contributed by atoms with Crippen molar-refractivity contribution in [2.75, 3.05) is 31.5 Å². The molecule has 1 saturated heterocycles. The molecule has 126 valence electrons. The Morgan fingerprint density at radius 2 is 1.96 bits per heavy atom. The topological polar surface area (TPSA) is 28.2 Å². The first kappa shape index (κ1) is 15.6. The van der Waals surface area contributed by atoms with Gasteiger partial charge in [0.15, 0.2) is 0 Å². The first-order chi connectivity index (χ1) is 11.8. The molecule has 2 heterocycles. The van der Waals surface area contributed by atoms with Crippen LogP contribution in [0.2, 0.25) is 0 Å². The van der Waals surface area contributed by atoms with Gasteiger partial charge in [-0.15, -0.1) is 0 Å². The van der Waals surface area contributed by atoms with Gasteiger partial charge in [-0.05, 0) is 75.0 Å². The third-order valence-electron chi connectivity index (χ3n) is 5.34. The number of rotatable bonds is 5. The van der Waals surface area contributed by atoms with Crippen molar-refractivity contribution in [2.24, 2.45) is 0 Å². The molecule has 0 radical (unpaired) electrons. The lowest BCUT2D eigenvalue weighted by atomic mass is 10.0. The molecule has 2 aromatic rings. The van der Waals surface area contributed by atoms with Gasteiger partial charge in [-0.1, -0.05) is 30.2 Å². The molecule has 1 fully saturated rings. The van der Waals surface area contributed by atoms with Crippen molar-refractivity contribution in [1.82, 2.24) is 9.88 Å². The Kier molecular flexibility index (Phi) is 4.52. The van der Waals surface area contributed by atoms with Crippen molar-refractivity contribution in [3.05, 3.63) is 47.2 Å². The molecule has 0 unspecified atom stereocenters. The van der Waals surface area contributed by atoms with Crippen LogP contribution < -0.4 is 5.32 Å². The van der Waals surface area contributed by atoms with Gasteiger partial charge in [0, 0.05) is 18.3 Å². The van der Waals surface area contributed by atoms with Crippen LogP contribution in [0.25, 0.3) is 11.1 Å². The molecule has 0 saturated carbocycles. The van der Waals surface area contributed by atoms with Crippen LogP contribution in [0.4, 0.5) is 5.82 Å². The summed E-state index contributed by atoms with van der Waals surface area (Å²) in [6.07, 6.45) is 8.33. The number of anilines is 1. The van der Waals surface area contributed by atoms with E-state index in [1.165, 1.54) is 73.1 Å². The van der Waals surface area contributed by atoms with E-state index in [-0.39, 0.29) is 0 Å². The van der Waals surface area contributed by atoms with E-state index in [1.54, 1.807) is 0 Å². The lowest BCUT2D eigenvalue weighted by molar-refractivity contribution is 0.228. The largest absolute Gasteiger partial charge is 0.370 e. The molecule has 1 N–H and O–H groups in total. The predicted molar refractivity (Wildman–Crippen MR) is 101 cm³/mol. The molecule has 1 aliphatic heterocycles. The number of hydrogen-bond donors (Lipinski definition) is 1. The number of piperidine rings is 1. The first-order valence-corrected chi connectivity index (χ1v) is 9.35. The summed E-state index contributed by atoms with van der Waals surface area (Å²) in [6.45, 7) is 6.94. The zero-order valence-electron chi connectivity index (χ0n) is 14.6. The number of likely N-dealkylation sites (tertiary alicyclic amines) is 1. The zero-order chi connectivity index (χ0) is 16.4. The summed E-state index contributed by atoms with van der Waals surface area (Å²) in [5.74, 6) is 1.06. The Labute approximate surface area is 145 Å². The average Bonchev–Trinajstić information content (AvgIpc) is 2.97.